The van der Waals surface area contributed by atoms with Gasteiger partial charge < -0.3 is 5.11 Å². The van der Waals surface area contributed by atoms with Crippen LogP contribution < -0.4 is 0 Å². The first-order valence-corrected chi connectivity index (χ1v) is 7.79. The van der Waals surface area contributed by atoms with Gasteiger partial charge in [0.05, 0.1) is 12.3 Å². The van der Waals surface area contributed by atoms with Crippen molar-refractivity contribution >= 4 is 5.78 Å². The summed E-state index contributed by atoms with van der Waals surface area (Å²) in [7, 11) is 0. The minimum Gasteiger partial charge on any atom is -0.390 e. The Morgan fingerprint density at radius 2 is 1.75 bits per heavy atom. The maximum atomic E-state index is 12.4. The van der Waals surface area contributed by atoms with E-state index < -0.39 is 0 Å². The van der Waals surface area contributed by atoms with Crippen LogP contribution in [-0.4, -0.2) is 21.1 Å². The average molecular weight is 318 g/mol. The van der Waals surface area contributed by atoms with Gasteiger partial charge in [-0.3, -0.25) is 4.79 Å². The number of nitrogens with zero attached hydrogens (tertiary/aromatic N) is 2. The van der Waals surface area contributed by atoms with Crippen molar-refractivity contribution in [2.75, 3.05) is 0 Å². The van der Waals surface area contributed by atoms with E-state index in [-0.39, 0.29) is 18.8 Å². The predicted octanol–water partition coefficient (Wildman–Crippen LogP) is 3.37. The molecule has 24 heavy (non-hydrogen) atoms. The summed E-state index contributed by atoms with van der Waals surface area (Å²) in [6.07, 6.45) is 0.277. The van der Waals surface area contributed by atoms with E-state index in [1.54, 1.807) is 12.1 Å². The Bertz CT molecular complexity index is 843. The normalized spacial score (nSPS) is 10.6. The molecule has 0 amide bonds. The van der Waals surface area contributed by atoms with Crippen molar-refractivity contribution < 1.29 is 9.90 Å². The lowest BCUT2D eigenvalue weighted by Crippen LogP contribution is -2.09. The highest BCUT2D eigenvalue weighted by molar-refractivity contribution is 5.96. The van der Waals surface area contributed by atoms with Gasteiger partial charge in [-0.2, -0.15) is 5.10 Å². The molecule has 1 aromatic heterocycles. The third kappa shape index (κ3) is 3.39. The van der Waals surface area contributed by atoms with Crippen LogP contribution in [0.3, 0.4) is 0 Å². The van der Waals surface area contributed by atoms with Gasteiger partial charge in [0.25, 0.3) is 0 Å². The topological polar surface area (TPSA) is 63.1 Å². The Balaban J connectivity index is 1.86. The first-order chi connectivity index (χ1) is 11.7. The Morgan fingerprint density at radius 1 is 0.958 bits per heavy atom. The molecule has 0 aliphatic rings. The molecule has 0 spiro atoms. The largest absolute Gasteiger partial charge is 0.390 e. The summed E-state index contributed by atoms with van der Waals surface area (Å²) in [6, 6.07) is 19.4. The van der Waals surface area contributed by atoms with E-state index in [0.717, 1.165) is 22.3 Å². The molecule has 0 saturated carbocycles. The zero-order valence-electron chi connectivity index (χ0n) is 13.4. The van der Waals surface area contributed by atoms with E-state index in [9.17, 15) is 4.79 Å². The molecule has 0 bridgehead atoms. The average Bonchev–Trinajstić information content (AvgIpc) is 2.64. The lowest BCUT2D eigenvalue weighted by Gasteiger charge is -2.11. The van der Waals surface area contributed by atoms with Gasteiger partial charge in [-0.25, -0.2) is 0 Å². The van der Waals surface area contributed by atoms with Crippen LogP contribution in [0.2, 0.25) is 0 Å². The summed E-state index contributed by atoms with van der Waals surface area (Å²) in [5.41, 5.74) is 5.11. The number of benzene rings is 2. The van der Waals surface area contributed by atoms with Gasteiger partial charge in [0.2, 0.25) is 0 Å². The Hall–Kier alpha value is -2.85. The van der Waals surface area contributed by atoms with Crippen molar-refractivity contribution in [2.45, 2.75) is 20.0 Å². The molecule has 0 atom stereocenters. The molecule has 0 saturated heterocycles. The fourth-order valence-electron chi connectivity index (χ4n) is 2.66. The SMILES string of the molecule is Cc1c(CC(=O)c2ccc(CO)nn2)cccc1-c1ccccc1. The van der Waals surface area contributed by atoms with Gasteiger partial charge in [-0.05, 0) is 41.3 Å². The smallest absolute Gasteiger partial charge is 0.187 e. The number of hydrogen-bond acceptors (Lipinski definition) is 4. The molecular weight excluding hydrogens is 300 g/mol. The third-order valence-electron chi connectivity index (χ3n) is 4.05. The quantitative estimate of drug-likeness (QED) is 0.733. The minimum absolute atomic E-state index is 0.0831. The minimum atomic E-state index is -0.181. The summed E-state index contributed by atoms with van der Waals surface area (Å²) in [4.78, 5) is 12.4. The zero-order chi connectivity index (χ0) is 16.9. The van der Waals surface area contributed by atoms with E-state index >= 15 is 0 Å². The number of ketones is 1. The van der Waals surface area contributed by atoms with E-state index in [2.05, 4.69) is 28.4 Å². The number of aliphatic hydroxyl groups is 1. The second-order valence-electron chi connectivity index (χ2n) is 5.62. The van der Waals surface area contributed by atoms with Crippen molar-refractivity contribution in [1.29, 1.82) is 0 Å². The van der Waals surface area contributed by atoms with Gasteiger partial charge in [0.15, 0.2) is 5.78 Å². The maximum Gasteiger partial charge on any atom is 0.187 e. The van der Waals surface area contributed by atoms with Crippen LogP contribution in [0, 0.1) is 6.92 Å². The number of aromatic nitrogens is 2. The van der Waals surface area contributed by atoms with Gasteiger partial charge in [-0.15, -0.1) is 5.10 Å². The number of carbonyl (C=O) groups excluding carboxylic acids is 1. The zero-order valence-corrected chi connectivity index (χ0v) is 13.4. The van der Waals surface area contributed by atoms with Gasteiger partial charge in [0.1, 0.15) is 5.69 Å². The molecule has 0 fully saturated rings. The Kier molecular flexibility index (Phi) is 4.77. The second-order valence-corrected chi connectivity index (χ2v) is 5.62. The van der Waals surface area contributed by atoms with E-state index in [4.69, 9.17) is 5.11 Å². The Morgan fingerprint density at radius 3 is 2.42 bits per heavy atom. The molecule has 120 valence electrons. The van der Waals surface area contributed by atoms with Crippen LogP contribution >= 0.6 is 0 Å². The van der Waals surface area contributed by atoms with Gasteiger partial charge >= 0.3 is 0 Å². The van der Waals surface area contributed by atoms with Crippen molar-refractivity contribution in [3.05, 3.63) is 83.2 Å². The number of aliphatic hydroxyl groups excluding tert-OH is 1. The molecule has 1 N–H and O–H groups in total. The molecule has 3 aromatic rings. The number of Topliss-reactive ketones (excluding diaryl/α,β-unsaturated/α-hetero) is 1. The maximum absolute atomic E-state index is 12.4. The van der Waals surface area contributed by atoms with Gasteiger partial charge in [-0.1, -0.05) is 48.5 Å². The van der Waals surface area contributed by atoms with Crippen LogP contribution in [0.15, 0.2) is 60.7 Å². The van der Waals surface area contributed by atoms with E-state index in [1.807, 2.05) is 37.3 Å². The number of carbonyl (C=O) groups is 1. The first kappa shape index (κ1) is 16.0. The van der Waals surface area contributed by atoms with E-state index in [1.165, 1.54) is 0 Å². The summed E-state index contributed by atoms with van der Waals surface area (Å²) in [5, 5.41) is 16.7. The molecule has 4 nitrogen and oxygen atoms in total. The molecule has 1 heterocycles. The number of rotatable bonds is 5. The fourth-order valence-corrected chi connectivity index (χ4v) is 2.66. The van der Waals surface area contributed by atoms with Crippen molar-refractivity contribution in [3.8, 4) is 11.1 Å². The van der Waals surface area contributed by atoms with Crippen LogP contribution in [0.25, 0.3) is 11.1 Å². The Labute approximate surface area is 140 Å². The molecule has 2 aromatic carbocycles. The molecule has 0 aliphatic carbocycles. The molecule has 4 heteroatoms. The highest BCUT2D eigenvalue weighted by Gasteiger charge is 2.13. The highest BCUT2D eigenvalue weighted by Crippen LogP contribution is 2.26. The van der Waals surface area contributed by atoms with Crippen LogP contribution in [-0.2, 0) is 13.0 Å². The third-order valence-corrected chi connectivity index (χ3v) is 4.05. The lowest BCUT2D eigenvalue weighted by atomic mass is 9.93. The van der Waals surface area contributed by atoms with Crippen LogP contribution in [0.1, 0.15) is 27.3 Å². The van der Waals surface area contributed by atoms with Crippen molar-refractivity contribution in [2.24, 2.45) is 0 Å². The summed E-state index contributed by atoms with van der Waals surface area (Å²) >= 11 is 0. The predicted molar refractivity (Wildman–Crippen MR) is 92.6 cm³/mol. The number of hydrogen-bond donors (Lipinski definition) is 1. The molecular formula is C20H18N2O2. The lowest BCUT2D eigenvalue weighted by molar-refractivity contribution is 0.0986. The fraction of sp³-hybridized carbons (Fsp3) is 0.150. The first-order valence-electron chi connectivity index (χ1n) is 7.79. The van der Waals surface area contributed by atoms with E-state index in [0.29, 0.717) is 11.4 Å². The summed E-state index contributed by atoms with van der Waals surface area (Å²) in [5.74, 6) is -0.0831. The standard InChI is InChI=1S/C20H18N2O2/c1-14-16(8-5-9-18(14)15-6-3-2-4-7-15)12-20(24)19-11-10-17(13-23)21-22-19/h2-11,23H,12-13H2,1H3. The molecule has 0 unspecified atom stereocenters. The van der Waals surface area contributed by atoms with Crippen LogP contribution in [0.4, 0.5) is 0 Å². The monoisotopic (exact) mass is 318 g/mol. The second kappa shape index (κ2) is 7.15. The van der Waals surface area contributed by atoms with Gasteiger partial charge in [0, 0.05) is 6.42 Å². The summed E-state index contributed by atoms with van der Waals surface area (Å²) < 4.78 is 0. The molecule has 3 rings (SSSR count). The van der Waals surface area contributed by atoms with Crippen molar-refractivity contribution in [1.82, 2.24) is 10.2 Å². The molecule has 0 radical (unpaired) electrons. The van der Waals surface area contributed by atoms with Crippen LogP contribution in [0.5, 0.6) is 0 Å². The molecule has 0 aliphatic heterocycles. The highest BCUT2D eigenvalue weighted by atomic mass is 16.3. The summed E-state index contributed by atoms with van der Waals surface area (Å²) in [6.45, 7) is 1.85. The van der Waals surface area contributed by atoms with Crippen molar-refractivity contribution in [3.63, 3.8) is 0 Å².